The van der Waals surface area contributed by atoms with Crippen LogP contribution in [0.3, 0.4) is 0 Å². The Morgan fingerprint density at radius 2 is 1.91 bits per heavy atom. The van der Waals surface area contributed by atoms with Gasteiger partial charge in [0.25, 0.3) is 0 Å². The Bertz CT molecular complexity index is 996. The molecule has 4 rings (SSSR count). The van der Waals surface area contributed by atoms with Crippen molar-refractivity contribution in [2.45, 2.75) is 0 Å². The summed E-state index contributed by atoms with van der Waals surface area (Å²) in [5.41, 5.74) is 1.28. The molecule has 106 valence electrons. The molecule has 0 saturated carbocycles. The minimum absolute atomic E-state index is 0.272. The van der Waals surface area contributed by atoms with E-state index in [1.54, 1.807) is 18.6 Å². The van der Waals surface area contributed by atoms with Crippen molar-refractivity contribution in [2.75, 3.05) is 0 Å². The Kier molecular flexibility index (Phi) is 2.94. The van der Waals surface area contributed by atoms with Crippen LogP contribution in [0.5, 0.6) is 0 Å². The number of hydrogen-bond donors (Lipinski definition) is 0. The molecule has 0 bridgehead atoms. The number of rotatable bonds is 2. The fraction of sp³-hybridized carbons (Fsp3) is 0. The highest BCUT2D eigenvalue weighted by Crippen LogP contribution is 2.21. The summed E-state index contributed by atoms with van der Waals surface area (Å²) < 4.78 is 1.25. The van der Waals surface area contributed by atoms with Gasteiger partial charge in [0.2, 0.25) is 4.96 Å². The number of hydrogen-bond acceptors (Lipinski definition) is 7. The molecule has 0 spiro atoms. The zero-order valence-electron chi connectivity index (χ0n) is 11.1. The number of benzene rings is 1. The Hall–Kier alpha value is -3.00. The molecule has 0 aliphatic rings. The van der Waals surface area contributed by atoms with Gasteiger partial charge >= 0.3 is 5.56 Å². The van der Waals surface area contributed by atoms with Crippen LogP contribution in [-0.4, -0.2) is 29.8 Å². The van der Waals surface area contributed by atoms with E-state index in [0.29, 0.717) is 21.2 Å². The predicted octanol–water partition coefficient (Wildman–Crippen LogP) is 1.67. The third kappa shape index (κ3) is 2.06. The molecule has 0 amide bonds. The smallest absolute Gasteiger partial charge is 0.265 e. The van der Waals surface area contributed by atoms with E-state index in [2.05, 4.69) is 25.3 Å². The van der Waals surface area contributed by atoms with E-state index in [4.69, 9.17) is 0 Å². The normalized spacial score (nSPS) is 10.9. The van der Waals surface area contributed by atoms with Crippen molar-refractivity contribution >= 4 is 16.3 Å². The molecule has 0 N–H and O–H groups in total. The van der Waals surface area contributed by atoms with Gasteiger partial charge in [-0.3, -0.25) is 14.8 Å². The molecule has 22 heavy (non-hydrogen) atoms. The lowest BCUT2D eigenvalue weighted by molar-refractivity contribution is 0.860. The van der Waals surface area contributed by atoms with Crippen LogP contribution in [0.4, 0.5) is 0 Å². The molecular formula is C14H8N6OS. The number of aromatic nitrogens is 6. The van der Waals surface area contributed by atoms with E-state index >= 15 is 0 Å². The van der Waals surface area contributed by atoms with Crippen LogP contribution in [0.2, 0.25) is 0 Å². The third-order valence-corrected chi connectivity index (χ3v) is 3.94. The van der Waals surface area contributed by atoms with Crippen molar-refractivity contribution in [2.24, 2.45) is 0 Å². The summed E-state index contributed by atoms with van der Waals surface area (Å²) >= 11 is 1.24. The highest BCUT2D eigenvalue weighted by Gasteiger charge is 2.14. The van der Waals surface area contributed by atoms with Gasteiger partial charge in [-0.25, -0.2) is 0 Å². The van der Waals surface area contributed by atoms with Crippen LogP contribution < -0.4 is 5.56 Å². The topological polar surface area (TPSA) is 85.9 Å². The first kappa shape index (κ1) is 12.7. The summed E-state index contributed by atoms with van der Waals surface area (Å²) in [6.45, 7) is 0. The molecule has 0 radical (unpaired) electrons. The van der Waals surface area contributed by atoms with Crippen LogP contribution in [-0.2, 0) is 0 Å². The zero-order valence-corrected chi connectivity index (χ0v) is 11.9. The van der Waals surface area contributed by atoms with Crippen LogP contribution in [0.1, 0.15) is 0 Å². The summed E-state index contributed by atoms with van der Waals surface area (Å²) in [6.07, 6.45) is 4.75. The number of nitrogens with zero attached hydrogens (tertiary/aromatic N) is 6. The third-order valence-electron chi connectivity index (χ3n) is 3.02. The highest BCUT2D eigenvalue weighted by molar-refractivity contribution is 7.19. The van der Waals surface area contributed by atoms with Crippen molar-refractivity contribution in [1.82, 2.24) is 29.8 Å². The fourth-order valence-electron chi connectivity index (χ4n) is 2.00. The van der Waals surface area contributed by atoms with Crippen LogP contribution >= 0.6 is 11.3 Å². The molecule has 4 aromatic rings. The van der Waals surface area contributed by atoms with Crippen molar-refractivity contribution in [3.05, 3.63) is 59.3 Å². The Morgan fingerprint density at radius 1 is 1.05 bits per heavy atom. The summed E-state index contributed by atoms with van der Waals surface area (Å²) in [5, 5.41) is 13.0. The van der Waals surface area contributed by atoms with Gasteiger partial charge in [-0.1, -0.05) is 41.7 Å². The van der Waals surface area contributed by atoms with Crippen LogP contribution in [0.25, 0.3) is 26.9 Å². The van der Waals surface area contributed by atoms with E-state index < -0.39 is 0 Å². The Balaban J connectivity index is 1.92. The molecule has 8 heteroatoms. The average molecular weight is 308 g/mol. The van der Waals surface area contributed by atoms with Gasteiger partial charge in [0.1, 0.15) is 5.69 Å². The molecule has 0 fully saturated rings. The molecule has 0 saturated heterocycles. The van der Waals surface area contributed by atoms with Gasteiger partial charge in [-0.2, -0.15) is 4.52 Å². The molecule has 3 aromatic heterocycles. The van der Waals surface area contributed by atoms with E-state index in [1.807, 2.05) is 30.3 Å². The fourth-order valence-corrected chi connectivity index (χ4v) is 2.80. The van der Waals surface area contributed by atoms with Gasteiger partial charge in [0.15, 0.2) is 10.7 Å². The van der Waals surface area contributed by atoms with E-state index in [0.717, 1.165) is 0 Å². The van der Waals surface area contributed by atoms with Gasteiger partial charge in [0, 0.05) is 18.0 Å². The summed E-state index contributed by atoms with van der Waals surface area (Å²) in [4.78, 5) is 21.1. The maximum atomic E-state index is 12.5. The second-order valence-corrected chi connectivity index (χ2v) is 5.37. The minimum Gasteiger partial charge on any atom is -0.265 e. The molecule has 7 nitrogen and oxygen atoms in total. The second kappa shape index (κ2) is 5.08. The van der Waals surface area contributed by atoms with Crippen molar-refractivity contribution in [3.63, 3.8) is 0 Å². The van der Waals surface area contributed by atoms with Crippen LogP contribution in [0.15, 0.2) is 53.7 Å². The maximum absolute atomic E-state index is 12.5. The lowest BCUT2D eigenvalue weighted by Crippen LogP contribution is -2.19. The predicted molar refractivity (Wildman–Crippen MR) is 81.4 cm³/mol. The Morgan fingerprint density at radius 3 is 2.68 bits per heavy atom. The first-order valence-electron chi connectivity index (χ1n) is 6.41. The molecule has 0 aliphatic heterocycles. The molecule has 1 aromatic carbocycles. The summed E-state index contributed by atoms with van der Waals surface area (Å²) in [5.74, 6) is 0. The lowest BCUT2D eigenvalue weighted by Gasteiger charge is -1.97. The molecule has 0 aliphatic carbocycles. The van der Waals surface area contributed by atoms with Crippen LogP contribution in [0, 0.1) is 0 Å². The Labute approximate surface area is 128 Å². The molecule has 0 unspecified atom stereocenters. The van der Waals surface area contributed by atoms with Crippen molar-refractivity contribution in [1.29, 1.82) is 0 Å². The number of fused-ring (bicyclic) bond motifs is 1. The van der Waals surface area contributed by atoms with E-state index in [1.165, 1.54) is 15.9 Å². The second-order valence-electron chi connectivity index (χ2n) is 4.41. The van der Waals surface area contributed by atoms with Gasteiger partial charge in [0.05, 0.1) is 6.20 Å². The molecule has 3 heterocycles. The van der Waals surface area contributed by atoms with Crippen molar-refractivity contribution < 1.29 is 0 Å². The zero-order chi connectivity index (χ0) is 14.9. The van der Waals surface area contributed by atoms with E-state index in [-0.39, 0.29) is 11.3 Å². The van der Waals surface area contributed by atoms with Gasteiger partial charge in [-0.15, -0.1) is 15.3 Å². The van der Waals surface area contributed by atoms with Gasteiger partial charge < -0.3 is 0 Å². The van der Waals surface area contributed by atoms with Gasteiger partial charge in [-0.05, 0) is 0 Å². The SMILES string of the molecule is O=c1c(-c2ccccc2)nnc2sc(-c3cnccn3)nn12. The van der Waals surface area contributed by atoms with Crippen molar-refractivity contribution in [3.8, 4) is 22.0 Å². The summed E-state index contributed by atoms with van der Waals surface area (Å²) in [6, 6.07) is 9.19. The minimum atomic E-state index is -0.303. The highest BCUT2D eigenvalue weighted by atomic mass is 32.1. The standard InChI is InChI=1S/C14H8N6OS/c21-13-11(9-4-2-1-3-5-9)17-18-14-20(13)19-12(22-14)10-8-15-6-7-16-10/h1-8H. The maximum Gasteiger partial charge on any atom is 0.302 e. The average Bonchev–Trinajstić information content (AvgIpc) is 3.02. The summed E-state index contributed by atoms with van der Waals surface area (Å²) in [7, 11) is 0. The lowest BCUT2D eigenvalue weighted by atomic mass is 10.2. The first-order valence-corrected chi connectivity index (χ1v) is 7.23. The quantitative estimate of drug-likeness (QED) is 0.560. The molecule has 0 atom stereocenters. The monoisotopic (exact) mass is 308 g/mol. The first-order chi connectivity index (χ1) is 10.8. The molecular weight excluding hydrogens is 300 g/mol. The largest absolute Gasteiger partial charge is 0.302 e. The van der Waals surface area contributed by atoms with E-state index in [9.17, 15) is 4.79 Å².